The summed E-state index contributed by atoms with van der Waals surface area (Å²) in [7, 11) is 1.53. The predicted octanol–water partition coefficient (Wildman–Crippen LogP) is 1.52. The van der Waals surface area contributed by atoms with Crippen LogP contribution in [-0.2, 0) is 4.74 Å². The van der Waals surface area contributed by atoms with Gasteiger partial charge in [-0.15, -0.1) is 0 Å². The van der Waals surface area contributed by atoms with Crippen LogP contribution in [0.15, 0.2) is 12.3 Å². The normalized spacial score (nSPS) is 12.2. The number of hydrogen-bond donors (Lipinski definition) is 2. The SMILES string of the molecule is COCC(CCO)NC(=O)c1cnc(Cl)c(Cl)c1. The van der Waals surface area contributed by atoms with Gasteiger partial charge >= 0.3 is 0 Å². The third-order valence-electron chi connectivity index (χ3n) is 2.24. The van der Waals surface area contributed by atoms with Crippen molar-refractivity contribution in [2.45, 2.75) is 12.5 Å². The molecule has 0 aliphatic rings. The van der Waals surface area contributed by atoms with Crippen LogP contribution in [0, 0.1) is 0 Å². The average Bonchev–Trinajstić information content (AvgIpc) is 2.33. The first-order chi connectivity index (χ1) is 8.58. The molecular formula is C11H14Cl2N2O3. The molecule has 0 saturated heterocycles. The molecule has 2 N–H and O–H groups in total. The van der Waals surface area contributed by atoms with Gasteiger partial charge in [-0.1, -0.05) is 23.2 Å². The average molecular weight is 293 g/mol. The Balaban J connectivity index is 2.70. The Kier molecular flexibility index (Phi) is 6.35. The molecule has 0 radical (unpaired) electrons. The Hall–Kier alpha value is -0.880. The summed E-state index contributed by atoms with van der Waals surface area (Å²) in [6.45, 7) is 0.287. The fraction of sp³-hybridized carbons (Fsp3) is 0.455. The summed E-state index contributed by atoms with van der Waals surface area (Å²) in [6.07, 6.45) is 1.75. The highest BCUT2D eigenvalue weighted by atomic mass is 35.5. The molecule has 0 fully saturated rings. The van der Waals surface area contributed by atoms with E-state index in [9.17, 15) is 4.79 Å². The van der Waals surface area contributed by atoms with Crippen molar-refractivity contribution < 1.29 is 14.6 Å². The van der Waals surface area contributed by atoms with E-state index < -0.39 is 0 Å². The van der Waals surface area contributed by atoms with E-state index in [-0.39, 0.29) is 28.7 Å². The molecule has 1 atom stereocenters. The number of pyridine rings is 1. The predicted molar refractivity (Wildman–Crippen MR) is 69.1 cm³/mol. The van der Waals surface area contributed by atoms with E-state index in [0.29, 0.717) is 18.6 Å². The summed E-state index contributed by atoms with van der Waals surface area (Å²) < 4.78 is 4.95. The molecule has 0 aliphatic heterocycles. The van der Waals surface area contributed by atoms with Gasteiger partial charge in [-0.25, -0.2) is 4.98 Å². The summed E-state index contributed by atoms with van der Waals surface area (Å²) in [6, 6.07) is 1.18. The first-order valence-corrected chi connectivity index (χ1v) is 6.05. The van der Waals surface area contributed by atoms with Crippen LogP contribution in [0.1, 0.15) is 16.8 Å². The third kappa shape index (κ3) is 4.42. The van der Waals surface area contributed by atoms with Crippen molar-refractivity contribution in [2.75, 3.05) is 20.3 Å². The van der Waals surface area contributed by atoms with Gasteiger partial charge in [-0.3, -0.25) is 4.79 Å². The molecule has 0 saturated carbocycles. The highest BCUT2D eigenvalue weighted by Gasteiger charge is 2.14. The molecule has 100 valence electrons. The summed E-state index contributed by atoms with van der Waals surface area (Å²) in [5.74, 6) is -0.337. The fourth-order valence-corrected chi connectivity index (χ4v) is 1.64. The van der Waals surface area contributed by atoms with Crippen molar-refractivity contribution >= 4 is 29.1 Å². The molecule has 7 heteroatoms. The van der Waals surface area contributed by atoms with Crippen LogP contribution < -0.4 is 5.32 Å². The number of nitrogens with one attached hydrogen (secondary N) is 1. The number of amides is 1. The lowest BCUT2D eigenvalue weighted by molar-refractivity contribution is 0.0878. The van der Waals surface area contributed by atoms with Gasteiger partial charge < -0.3 is 15.2 Å². The third-order valence-corrected chi connectivity index (χ3v) is 2.93. The van der Waals surface area contributed by atoms with Gasteiger partial charge in [0.1, 0.15) is 5.15 Å². The first kappa shape index (κ1) is 15.2. The molecule has 18 heavy (non-hydrogen) atoms. The maximum Gasteiger partial charge on any atom is 0.253 e. The van der Waals surface area contributed by atoms with E-state index in [2.05, 4.69) is 10.3 Å². The van der Waals surface area contributed by atoms with E-state index >= 15 is 0 Å². The lowest BCUT2D eigenvalue weighted by Gasteiger charge is -2.16. The van der Waals surface area contributed by atoms with Gasteiger partial charge in [-0.2, -0.15) is 0 Å². The second kappa shape index (κ2) is 7.53. The second-order valence-corrected chi connectivity index (χ2v) is 4.40. The molecule has 1 unspecified atom stereocenters. The van der Waals surface area contributed by atoms with Gasteiger partial charge in [0.15, 0.2) is 0 Å². The first-order valence-electron chi connectivity index (χ1n) is 5.30. The monoisotopic (exact) mass is 292 g/mol. The van der Waals surface area contributed by atoms with Gasteiger partial charge in [0.05, 0.1) is 23.2 Å². The van der Waals surface area contributed by atoms with Crippen LogP contribution >= 0.6 is 23.2 Å². The Bertz CT molecular complexity index is 409. The number of ether oxygens (including phenoxy) is 1. The van der Waals surface area contributed by atoms with Crippen LogP contribution in [-0.4, -0.2) is 42.4 Å². The summed E-state index contributed by atoms with van der Waals surface area (Å²) >= 11 is 11.4. The quantitative estimate of drug-likeness (QED) is 0.780. The van der Waals surface area contributed by atoms with Crippen molar-refractivity contribution in [3.05, 3.63) is 28.0 Å². The molecule has 1 rings (SSSR count). The topological polar surface area (TPSA) is 71.5 Å². The van der Waals surface area contributed by atoms with E-state index in [1.807, 2.05) is 0 Å². The number of aromatic nitrogens is 1. The molecule has 1 amide bonds. The molecule has 0 aromatic carbocycles. The fourth-order valence-electron chi connectivity index (χ4n) is 1.37. The largest absolute Gasteiger partial charge is 0.396 e. The van der Waals surface area contributed by atoms with Gasteiger partial charge in [0.2, 0.25) is 0 Å². The smallest absolute Gasteiger partial charge is 0.253 e. The van der Waals surface area contributed by atoms with Gasteiger partial charge in [0, 0.05) is 19.9 Å². The zero-order valence-electron chi connectivity index (χ0n) is 9.82. The van der Waals surface area contributed by atoms with Crippen LogP contribution in [0.25, 0.3) is 0 Å². The lowest BCUT2D eigenvalue weighted by atomic mass is 10.2. The van der Waals surface area contributed by atoms with Crippen molar-refractivity contribution in [3.8, 4) is 0 Å². The van der Waals surface area contributed by atoms with E-state index in [1.165, 1.54) is 19.4 Å². The number of aliphatic hydroxyl groups is 1. The maximum atomic E-state index is 11.9. The second-order valence-electron chi connectivity index (χ2n) is 3.63. The molecule has 0 aliphatic carbocycles. The number of methoxy groups -OCH3 is 1. The lowest BCUT2D eigenvalue weighted by Crippen LogP contribution is -2.38. The van der Waals surface area contributed by atoms with Crippen molar-refractivity contribution in [1.29, 1.82) is 0 Å². The van der Waals surface area contributed by atoms with E-state index in [4.69, 9.17) is 33.0 Å². The van der Waals surface area contributed by atoms with Crippen LogP contribution in [0.3, 0.4) is 0 Å². The number of nitrogens with zero attached hydrogens (tertiary/aromatic N) is 1. The molecule has 1 aromatic rings. The van der Waals surface area contributed by atoms with Crippen molar-refractivity contribution in [1.82, 2.24) is 10.3 Å². The maximum absolute atomic E-state index is 11.9. The van der Waals surface area contributed by atoms with Gasteiger partial charge in [-0.05, 0) is 12.5 Å². The standard InChI is InChI=1S/C11H14Cl2N2O3/c1-18-6-8(2-3-16)15-11(17)7-4-9(12)10(13)14-5-7/h4-5,8,16H,2-3,6H2,1H3,(H,15,17). The van der Waals surface area contributed by atoms with Crippen LogP contribution in [0.5, 0.6) is 0 Å². The minimum Gasteiger partial charge on any atom is -0.396 e. The Morgan fingerprint density at radius 2 is 2.33 bits per heavy atom. The summed E-state index contributed by atoms with van der Waals surface area (Å²) in [4.78, 5) is 15.7. The number of aliphatic hydroxyl groups excluding tert-OH is 1. The molecule has 0 bridgehead atoms. The zero-order valence-corrected chi connectivity index (χ0v) is 11.3. The number of carbonyl (C=O) groups is 1. The minimum atomic E-state index is -0.337. The minimum absolute atomic E-state index is 0.0338. The highest BCUT2D eigenvalue weighted by Crippen LogP contribution is 2.19. The molecule has 5 nitrogen and oxygen atoms in total. The molecular weight excluding hydrogens is 279 g/mol. The van der Waals surface area contributed by atoms with Crippen LogP contribution in [0.4, 0.5) is 0 Å². The molecule has 1 heterocycles. The zero-order chi connectivity index (χ0) is 13.5. The van der Waals surface area contributed by atoms with E-state index in [1.54, 1.807) is 0 Å². The van der Waals surface area contributed by atoms with Crippen LogP contribution in [0.2, 0.25) is 10.2 Å². The Morgan fingerprint density at radius 3 is 2.89 bits per heavy atom. The molecule has 1 aromatic heterocycles. The van der Waals surface area contributed by atoms with Crippen molar-refractivity contribution in [3.63, 3.8) is 0 Å². The number of rotatable bonds is 6. The number of carbonyl (C=O) groups excluding carboxylic acids is 1. The summed E-state index contributed by atoms with van der Waals surface area (Å²) in [5.41, 5.74) is 0.309. The summed E-state index contributed by atoms with van der Waals surface area (Å²) in [5, 5.41) is 12.0. The number of halogens is 2. The number of hydrogen-bond acceptors (Lipinski definition) is 4. The Morgan fingerprint density at radius 1 is 1.61 bits per heavy atom. The Labute approximate surface area is 115 Å². The van der Waals surface area contributed by atoms with Crippen molar-refractivity contribution in [2.24, 2.45) is 0 Å². The van der Waals surface area contributed by atoms with E-state index in [0.717, 1.165) is 0 Å². The molecule has 0 spiro atoms. The highest BCUT2D eigenvalue weighted by molar-refractivity contribution is 6.41. The van der Waals surface area contributed by atoms with Gasteiger partial charge in [0.25, 0.3) is 5.91 Å².